The van der Waals surface area contributed by atoms with Crippen molar-refractivity contribution in [1.82, 2.24) is 0 Å². The van der Waals surface area contributed by atoms with E-state index in [4.69, 9.17) is 0 Å². The summed E-state index contributed by atoms with van der Waals surface area (Å²) in [5.41, 5.74) is -0.662. The Bertz CT molecular complexity index is 849. The third-order valence-electron chi connectivity index (χ3n) is 3.36. The number of amides is 1. The number of anilines is 1. The van der Waals surface area contributed by atoms with Gasteiger partial charge >= 0.3 is 0 Å². The predicted octanol–water partition coefficient (Wildman–Crippen LogP) is 3.92. The van der Waals surface area contributed by atoms with Gasteiger partial charge < -0.3 is 10.4 Å². The number of non-ortho nitro benzene ring substituents is 1. The number of carbonyl (C=O) groups is 1. The van der Waals surface area contributed by atoms with Crippen LogP contribution in [-0.2, 0) is 4.79 Å². The molecule has 7 nitrogen and oxygen atoms in total. The highest BCUT2D eigenvalue weighted by Gasteiger charge is 2.30. The second-order valence-corrected chi connectivity index (χ2v) is 6.75. The first-order valence-electron chi connectivity index (χ1n) is 7.41. The van der Waals surface area contributed by atoms with Crippen molar-refractivity contribution >= 4 is 65.6 Å². The summed E-state index contributed by atoms with van der Waals surface area (Å²) in [7, 11) is 0. The quantitative estimate of drug-likeness (QED) is 0.230. The summed E-state index contributed by atoms with van der Waals surface area (Å²) in [6.45, 7) is 1.41. The van der Waals surface area contributed by atoms with Crippen molar-refractivity contribution in [2.24, 2.45) is 4.99 Å². The summed E-state index contributed by atoms with van der Waals surface area (Å²) < 4.78 is 0. The Morgan fingerprint density at radius 2 is 1.89 bits per heavy atom. The molecular weight excluding hydrogens is 406 g/mol. The van der Waals surface area contributed by atoms with Crippen LogP contribution in [0, 0.1) is 10.1 Å². The zero-order valence-electron chi connectivity index (χ0n) is 14.2. The average Bonchev–Trinajstić information content (AvgIpc) is 2.62. The van der Waals surface area contributed by atoms with E-state index >= 15 is 0 Å². The predicted molar refractivity (Wildman–Crippen MR) is 115 cm³/mol. The molecule has 0 fully saturated rings. The number of aliphatic imine (C=N–C) groups is 1. The Morgan fingerprint density at radius 3 is 2.41 bits per heavy atom. The number of isothiocyanates is 1. The molecule has 2 rings (SSSR count). The lowest BCUT2D eigenvalue weighted by molar-refractivity contribution is -0.384. The van der Waals surface area contributed by atoms with E-state index in [2.05, 4.69) is 27.7 Å². The number of carbonyl (C=O) groups excluding carboxylic acids is 1. The number of nitrogens with one attached hydrogen (secondary N) is 1. The van der Waals surface area contributed by atoms with Crippen LogP contribution in [0.2, 0.25) is 0 Å². The minimum atomic E-state index is -1.63. The molecule has 10 heteroatoms. The van der Waals surface area contributed by atoms with Crippen LogP contribution >= 0.6 is 37.5 Å². The maximum Gasteiger partial charge on any atom is 0.269 e. The Kier molecular flexibility index (Phi) is 8.61. The Hall–Kier alpha value is -2.23. The first kappa shape index (κ1) is 22.8. The molecule has 142 valence electrons. The van der Waals surface area contributed by atoms with Gasteiger partial charge in [-0.05, 0) is 55.5 Å². The van der Waals surface area contributed by atoms with Gasteiger partial charge in [0.1, 0.15) is 5.60 Å². The van der Waals surface area contributed by atoms with Crippen molar-refractivity contribution in [3.05, 3.63) is 58.6 Å². The maximum absolute atomic E-state index is 12.3. The normalized spacial score (nSPS) is 12.1. The van der Waals surface area contributed by atoms with Crippen LogP contribution in [0.15, 0.2) is 58.4 Å². The number of benzene rings is 2. The molecule has 0 aliphatic heterocycles. The number of thiocarbonyl (C=S) groups is 1. The fourth-order valence-electron chi connectivity index (χ4n) is 1.89. The van der Waals surface area contributed by atoms with Crippen LogP contribution in [0.3, 0.4) is 0 Å². The smallest absolute Gasteiger partial charge is 0.269 e. The summed E-state index contributed by atoms with van der Waals surface area (Å²) in [6.07, 6.45) is 0. The number of nitrogens with zero attached hydrogens (tertiary/aromatic N) is 2. The molecule has 1 amide bonds. The molecular formula is C17H17N3O4S3. The van der Waals surface area contributed by atoms with E-state index in [-0.39, 0.29) is 24.9 Å². The van der Waals surface area contributed by atoms with Crippen molar-refractivity contribution in [2.75, 3.05) is 11.1 Å². The Balaban J connectivity index is 0.00000364. The van der Waals surface area contributed by atoms with Crippen molar-refractivity contribution < 1.29 is 14.8 Å². The highest BCUT2D eigenvalue weighted by atomic mass is 32.2. The van der Waals surface area contributed by atoms with E-state index in [1.807, 2.05) is 0 Å². The molecule has 0 aliphatic rings. The Labute approximate surface area is 172 Å². The lowest BCUT2D eigenvalue weighted by Gasteiger charge is -2.22. The molecule has 0 saturated heterocycles. The second-order valence-electron chi connectivity index (χ2n) is 5.52. The summed E-state index contributed by atoms with van der Waals surface area (Å²) in [5, 5.41) is 25.9. The fraction of sp³-hybridized carbons (Fsp3) is 0.176. The zero-order chi connectivity index (χ0) is 19.2. The monoisotopic (exact) mass is 423 g/mol. The molecule has 0 radical (unpaired) electrons. The third-order valence-corrected chi connectivity index (χ3v) is 4.76. The largest absolute Gasteiger partial charge is 0.379 e. The van der Waals surface area contributed by atoms with E-state index in [0.29, 0.717) is 11.4 Å². The molecule has 0 unspecified atom stereocenters. The number of hydrogen-bond donors (Lipinski definition) is 2. The van der Waals surface area contributed by atoms with E-state index in [9.17, 15) is 20.0 Å². The molecule has 2 aromatic rings. The highest BCUT2D eigenvalue weighted by molar-refractivity contribution is 7.99. The number of thioether (sulfide) groups is 1. The van der Waals surface area contributed by atoms with Crippen LogP contribution in [0.1, 0.15) is 6.92 Å². The molecule has 0 spiro atoms. The summed E-state index contributed by atoms with van der Waals surface area (Å²) >= 11 is 5.85. The van der Waals surface area contributed by atoms with Crippen molar-refractivity contribution in [2.45, 2.75) is 17.4 Å². The second kappa shape index (κ2) is 10.2. The number of rotatable bonds is 7. The van der Waals surface area contributed by atoms with Gasteiger partial charge in [0.05, 0.1) is 15.8 Å². The molecule has 0 aromatic heterocycles. The first-order chi connectivity index (χ1) is 12.3. The van der Waals surface area contributed by atoms with Gasteiger partial charge in [-0.1, -0.05) is 0 Å². The van der Waals surface area contributed by atoms with Crippen LogP contribution in [0.4, 0.5) is 17.1 Å². The van der Waals surface area contributed by atoms with Gasteiger partial charge in [0.15, 0.2) is 0 Å². The molecule has 0 saturated carbocycles. The van der Waals surface area contributed by atoms with Gasteiger partial charge in [0.25, 0.3) is 11.6 Å². The van der Waals surface area contributed by atoms with Gasteiger partial charge in [-0.15, -0.1) is 11.8 Å². The van der Waals surface area contributed by atoms with E-state index in [1.165, 1.54) is 43.0 Å². The number of aliphatic hydroxyl groups is 1. The van der Waals surface area contributed by atoms with Gasteiger partial charge in [0, 0.05) is 28.5 Å². The maximum atomic E-state index is 12.3. The SMILES string of the molecule is C[C@@](O)(CSc1ccc(N=C=S)cc1)C(=O)Nc1ccc([N+](=O)[O-])cc1.S. The van der Waals surface area contributed by atoms with E-state index in [1.54, 1.807) is 24.3 Å². The summed E-state index contributed by atoms with van der Waals surface area (Å²) in [4.78, 5) is 27.1. The fourth-order valence-corrected chi connectivity index (χ4v) is 2.90. The zero-order valence-corrected chi connectivity index (χ0v) is 16.8. The lowest BCUT2D eigenvalue weighted by Crippen LogP contribution is -2.42. The third kappa shape index (κ3) is 6.78. The van der Waals surface area contributed by atoms with E-state index < -0.39 is 16.4 Å². The van der Waals surface area contributed by atoms with Crippen LogP contribution in [-0.4, -0.2) is 32.5 Å². The summed E-state index contributed by atoms with van der Waals surface area (Å²) in [5.74, 6) is -0.470. The number of nitro groups is 1. The number of nitro benzene ring substituents is 1. The molecule has 2 N–H and O–H groups in total. The topological polar surface area (TPSA) is 105 Å². The van der Waals surface area contributed by atoms with Crippen molar-refractivity contribution in [3.63, 3.8) is 0 Å². The van der Waals surface area contributed by atoms with Crippen LogP contribution < -0.4 is 5.32 Å². The van der Waals surface area contributed by atoms with Crippen LogP contribution in [0.25, 0.3) is 0 Å². The van der Waals surface area contributed by atoms with Gasteiger partial charge in [0.2, 0.25) is 0 Å². The van der Waals surface area contributed by atoms with Crippen molar-refractivity contribution in [3.8, 4) is 0 Å². The highest BCUT2D eigenvalue weighted by Crippen LogP contribution is 2.26. The minimum absolute atomic E-state index is 0. The van der Waals surface area contributed by atoms with E-state index in [0.717, 1.165) is 4.90 Å². The molecule has 0 heterocycles. The number of hydrogen-bond acceptors (Lipinski definition) is 7. The van der Waals surface area contributed by atoms with Crippen LogP contribution in [0.5, 0.6) is 0 Å². The standard InChI is InChI=1S/C17H15N3O4S2.H2S/c1-17(22,10-26-15-8-4-12(5-9-15)18-11-25)16(21)19-13-2-6-14(7-3-13)20(23)24;/h2-9,22H,10H2,1H3,(H,19,21);1H2/t17-;/m1./s1. The summed E-state index contributed by atoms with van der Waals surface area (Å²) in [6, 6.07) is 12.5. The van der Waals surface area contributed by atoms with Gasteiger partial charge in [-0.2, -0.15) is 18.5 Å². The molecule has 1 atom stereocenters. The molecule has 27 heavy (non-hydrogen) atoms. The van der Waals surface area contributed by atoms with Gasteiger partial charge in [-0.25, -0.2) is 0 Å². The van der Waals surface area contributed by atoms with Crippen molar-refractivity contribution in [1.29, 1.82) is 0 Å². The molecule has 0 bridgehead atoms. The molecule has 0 aliphatic carbocycles. The average molecular weight is 424 g/mol. The Morgan fingerprint density at radius 1 is 1.30 bits per heavy atom. The lowest BCUT2D eigenvalue weighted by atomic mass is 10.1. The van der Waals surface area contributed by atoms with Gasteiger partial charge in [-0.3, -0.25) is 14.9 Å². The molecule has 2 aromatic carbocycles. The minimum Gasteiger partial charge on any atom is -0.379 e. The first-order valence-corrected chi connectivity index (χ1v) is 8.80.